The highest BCUT2D eigenvalue weighted by Gasteiger charge is 2.07. The molecular weight excluding hydrogens is 311 g/mol. The predicted octanol–water partition coefficient (Wildman–Crippen LogP) is 3.09. The summed E-state index contributed by atoms with van der Waals surface area (Å²) < 4.78 is 12.9. The molecule has 0 aliphatic carbocycles. The topological polar surface area (TPSA) is 40.5 Å². The number of hydrogen-bond acceptors (Lipinski definition) is 3. The van der Waals surface area contributed by atoms with Crippen LogP contribution in [0.5, 0.6) is 0 Å². The number of halogens is 1. The smallest absolute Gasteiger partial charge is 0.193 e. The van der Waals surface area contributed by atoms with E-state index in [1.165, 1.54) is 17.1 Å². The van der Waals surface area contributed by atoms with Gasteiger partial charge in [0.15, 0.2) is 5.96 Å². The van der Waals surface area contributed by atoms with E-state index < -0.39 is 0 Å². The first kappa shape index (κ1) is 17.4. The lowest BCUT2D eigenvalue weighted by Crippen LogP contribution is -2.39. The second kappa shape index (κ2) is 8.62. The van der Waals surface area contributed by atoms with Crippen LogP contribution in [-0.4, -0.2) is 36.5 Å². The Balaban J connectivity index is 1.83. The van der Waals surface area contributed by atoms with Crippen LogP contribution in [-0.2, 0) is 19.4 Å². The maximum Gasteiger partial charge on any atom is 0.193 e. The Labute approximate surface area is 141 Å². The van der Waals surface area contributed by atoms with E-state index in [0.717, 1.165) is 36.6 Å². The molecule has 0 atom stereocenters. The fourth-order valence-corrected chi connectivity index (χ4v) is 3.03. The van der Waals surface area contributed by atoms with Crippen molar-refractivity contribution in [2.75, 3.05) is 20.6 Å². The Kier molecular flexibility index (Phi) is 6.52. The van der Waals surface area contributed by atoms with E-state index in [2.05, 4.69) is 27.6 Å². The van der Waals surface area contributed by atoms with Crippen molar-refractivity contribution < 1.29 is 4.39 Å². The van der Waals surface area contributed by atoms with Crippen LogP contribution in [0.3, 0.4) is 0 Å². The molecule has 1 aromatic heterocycles. The standard InChI is InChI=1S/C17H23FN4S/c1-4-16-21-15(12-23-16)9-10-20-17(19-2)22(3)11-13-5-7-14(18)8-6-13/h5-8,12H,4,9-11H2,1-3H3,(H,19,20). The van der Waals surface area contributed by atoms with E-state index in [1.54, 1.807) is 30.5 Å². The monoisotopic (exact) mass is 334 g/mol. The summed E-state index contributed by atoms with van der Waals surface area (Å²) in [6.45, 7) is 3.58. The molecule has 0 aliphatic rings. The van der Waals surface area contributed by atoms with Crippen LogP contribution in [0.15, 0.2) is 34.6 Å². The van der Waals surface area contributed by atoms with Crippen LogP contribution in [0.1, 0.15) is 23.2 Å². The molecule has 0 saturated heterocycles. The molecular formula is C17H23FN4S. The number of nitrogens with one attached hydrogen (secondary N) is 1. The quantitative estimate of drug-likeness (QED) is 0.652. The van der Waals surface area contributed by atoms with Crippen LogP contribution < -0.4 is 5.32 Å². The van der Waals surface area contributed by atoms with Gasteiger partial charge in [-0.2, -0.15) is 0 Å². The highest BCUT2D eigenvalue weighted by molar-refractivity contribution is 7.09. The lowest BCUT2D eigenvalue weighted by molar-refractivity contribution is 0.476. The Morgan fingerprint density at radius 1 is 1.35 bits per heavy atom. The fourth-order valence-electron chi connectivity index (χ4n) is 2.25. The van der Waals surface area contributed by atoms with Gasteiger partial charge in [-0.05, 0) is 24.1 Å². The van der Waals surface area contributed by atoms with Crippen molar-refractivity contribution in [1.82, 2.24) is 15.2 Å². The lowest BCUT2D eigenvalue weighted by Gasteiger charge is -2.22. The predicted molar refractivity (Wildman–Crippen MR) is 94.4 cm³/mol. The van der Waals surface area contributed by atoms with Crippen molar-refractivity contribution in [2.24, 2.45) is 4.99 Å². The van der Waals surface area contributed by atoms with Crippen molar-refractivity contribution in [2.45, 2.75) is 26.3 Å². The number of aromatic nitrogens is 1. The first-order valence-corrected chi connectivity index (χ1v) is 8.59. The summed E-state index contributed by atoms with van der Waals surface area (Å²) >= 11 is 1.71. The van der Waals surface area contributed by atoms with Crippen LogP contribution in [0.2, 0.25) is 0 Å². The summed E-state index contributed by atoms with van der Waals surface area (Å²) in [4.78, 5) is 10.9. The first-order chi connectivity index (χ1) is 11.1. The van der Waals surface area contributed by atoms with E-state index in [1.807, 2.05) is 11.9 Å². The van der Waals surface area contributed by atoms with Gasteiger partial charge in [0.25, 0.3) is 0 Å². The maximum absolute atomic E-state index is 12.9. The molecule has 124 valence electrons. The molecule has 2 aromatic rings. The molecule has 4 nitrogen and oxygen atoms in total. The Morgan fingerprint density at radius 3 is 2.70 bits per heavy atom. The van der Waals surface area contributed by atoms with Gasteiger partial charge in [-0.25, -0.2) is 9.37 Å². The van der Waals surface area contributed by atoms with Gasteiger partial charge >= 0.3 is 0 Å². The summed E-state index contributed by atoms with van der Waals surface area (Å²) in [5.41, 5.74) is 2.17. The molecule has 0 bridgehead atoms. The molecule has 6 heteroatoms. The van der Waals surface area contributed by atoms with Crippen molar-refractivity contribution in [3.05, 3.63) is 51.7 Å². The third-order valence-electron chi connectivity index (χ3n) is 3.47. The van der Waals surface area contributed by atoms with E-state index >= 15 is 0 Å². The van der Waals surface area contributed by atoms with E-state index in [4.69, 9.17) is 0 Å². The minimum absolute atomic E-state index is 0.214. The molecule has 2 rings (SSSR count). The molecule has 0 unspecified atom stereocenters. The van der Waals surface area contributed by atoms with Gasteiger partial charge < -0.3 is 10.2 Å². The number of guanidine groups is 1. The number of rotatable bonds is 6. The van der Waals surface area contributed by atoms with E-state index in [9.17, 15) is 4.39 Å². The van der Waals surface area contributed by atoms with Gasteiger partial charge in [-0.1, -0.05) is 19.1 Å². The third-order valence-corrected chi connectivity index (χ3v) is 4.51. The van der Waals surface area contributed by atoms with Gasteiger partial charge in [0.05, 0.1) is 10.7 Å². The fraction of sp³-hybridized carbons (Fsp3) is 0.412. The van der Waals surface area contributed by atoms with Gasteiger partial charge in [-0.15, -0.1) is 11.3 Å². The number of nitrogens with zero attached hydrogens (tertiary/aromatic N) is 3. The molecule has 0 aliphatic heterocycles. The van der Waals surface area contributed by atoms with Gasteiger partial charge in [0, 0.05) is 39.0 Å². The third kappa shape index (κ3) is 5.32. The Bertz CT molecular complexity index is 636. The first-order valence-electron chi connectivity index (χ1n) is 7.72. The molecule has 0 radical (unpaired) electrons. The summed E-state index contributed by atoms with van der Waals surface area (Å²) in [5, 5.41) is 6.64. The van der Waals surface area contributed by atoms with Crippen molar-refractivity contribution in [3.63, 3.8) is 0 Å². The van der Waals surface area contributed by atoms with Crippen molar-refractivity contribution in [3.8, 4) is 0 Å². The SMILES string of the molecule is CCc1nc(CCNC(=NC)N(C)Cc2ccc(F)cc2)cs1. The second-order valence-corrected chi connectivity index (χ2v) is 6.24. The summed E-state index contributed by atoms with van der Waals surface area (Å²) in [7, 11) is 3.73. The number of aryl methyl sites for hydroxylation is 1. The zero-order chi connectivity index (χ0) is 16.7. The van der Waals surface area contributed by atoms with Crippen LogP contribution in [0, 0.1) is 5.82 Å². The average Bonchev–Trinajstić information content (AvgIpc) is 3.01. The molecule has 1 aromatic carbocycles. The van der Waals surface area contributed by atoms with Crippen LogP contribution in [0.25, 0.3) is 0 Å². The zero-order valence-corrected chi connectivity index (χ0v) is 14.7. The number of aliphatic imine (C=N–C) groups is 1. The normalized spacial score (nSPS) is 11.6. The van der Waals surface area contributed by atoms with Crippen molar-refractivity contribution in [1.29, 1.82) is 0 Å². The largest absolute Gasteiger partial charge is 0.356 e. The molecule has 1 heterocycles. The number of hydrogen-bond donors (Lipinski definition) is 1. The van der Waals surface area contributed by atoms with Crippen molar-refractivity contribution >= 4 is 17.3 Å². The molecule has 0 fully saturated rings. The number of benzene rings is 1. The van der Waals surface area contributed by atoms with Gasteiger partial charge in [0.1, 0.15) is 5.82 Å². The van der Waals surface area contributed by atoms with Gasteiger partial charge in [-0.3, -0.25) is 4.99 Å². The van der Waals surface area contributed by atoms with E-state index in [-0.39, 0.29) is 5.82 Å². The Hall–Kier alpha value is -1.95. The maximum atomic E-state index is 12.9. The van der Waals surface area contributed by atoms with Crippen LogP contribution in [0.4, 0.5) is 4.39 Å². The molecule has 0 saturated carbocycles. The number of thiazole rings is 1. The lowest BCUT2D eigenvalue weighted by atomic mass is 10.2. The molecule has 1 N–H and O–H groups in total. The average molecular weight is 334 g/mol. The minimum Gasteiger partial charge on any atom is -0.356 e. The molecule has 0 amide bonds. The van der Waals surface area contributed by atoms with Gasteiger partial charge in [0.2, 0.25) is 0 Å². The second-order valence-electron chi connectivity index (χ2n) is 5.29. The minimum atomic E-state index is -0.214. The summed E-state index contributed by atoms with van der Waals surface area (Å²) in [6.07, 6.45) is 1.86. The zero-order valence-electron chi connectivity index (χ0n) is 13.8. The highest BCUT2D eigenvalue weighted by atomic mass is 32.1. The summed E-state index contributed by atoms with van der Waals surface area (Å²) in [5.74, 6) is 0.605. The molecule has 23 heavy (non-hydrogen) atoms. The van der Waals surface area contributed by atoms with Crippen LogP contribution >= 0.6 is 11.3 Å². The highest BCUT2D eigenvalue weighted by Crippen LogP contribution is 2.10. The summed E-state index contributed by atoms with van der Waals surface area (Å²) in [6, 6.07) is 6.54. The Morgan fingerprint density at radius 2 is 2.09 bits per heavy atom. The molecule has 0 spiro atoms. The van der Waals surface area contributed by atoms with E-state index in [0.29, 0.717) is 6.54 Å².